The van der Waals surface area contributed by atoms with Crippen LogP contribution in [0.15, 0.2) is 83.9 Å². The SMILES string of the molecule is O=C(CSc1cccc(NC(=O)c2ccc([N+](=O)[O-])cc2)c1)Nc1ccc2cc[nH]c2c1. The summed E-state index contributed by atoms with van der Waals surface area (Å²) in [5, 5.41) is 17.5. The van der Waals surface area contributed by atoms with Crippen molar-refractivity contribution < 1.29 is 14.5 Å². The van der Waals surface area contributed by atoms with Gasteiger partial charge in [-0.25, -0.2) is 0 Å². The molecular formula is C23H18N4O4S. The molecule has 0 aliphatic carbocycles. The first-order valence-electron chi connectivity index (χ1n) is 9.63. The standard InChI is InChI=1S/C23H18N4O4S/c28-22(25-18-7-4-15-10-11-24-21(15)13-18)14-32-20-3-1-2-17(12-20)26-23(29)16-5-8-19(9-6-16)27(30)31/h1-13,24H,14H2,(H,25,28)(H,26,29). The fourth-order valence-corrected chi connectivity index (χ4v) is 3.83. The van der Waals surface area contributed by atoms with Gasteiger partial charge in [0, 0.05) is 45.7 Å². The molecule has 0 unspecified atom stereocenters. The minimum atomic E-state index is -0.517. The Morgan fingerprint density at radius 2 is 1.72 bits per heavy atom. The van der Waals surface area contributed by atoms with Gasteiger partial charge in [-0.2, -0.15) is 0 Å². The largest absolute Gasteiger partial charge is 0.361 e. The molecule has 0 saturated heterocycles. The predicted molar refractivity (Wildman–Crippen MR) is 125 cm³/mol. The van der Waals surface area contributed by atoms with Crippen molar-refractivity contribution in [3.63, 3.8) is 0 Å². The number of thioether (sulfide) groups is 1. The first-order chi connectivity index (χ1) is 15.5. The van der Waals surface area contributed by atoms with Gasteiger partial charge in [-0.05, 0) is 53.9 Å². The molecule has 0 atom stereocenters. The number of aromatic nitrogens is 1. The second kappa shape index (κ2) is 9.36. The maximum absolute atomic E-state index is 12.4. The minimum absolute atomic E-state index is 0.0777. The summed E-state index contributed by atoms with van der Waals surface area (Å²) in [6.45, 7) is 0. The number of nitro groups is 1. The number of carbonyl (C=O) groups is 2. The van der Waals surface area contributed by atoms with E-state index >= 15 is 0 Å². The number of nitrogens with one attached hydrogen (secondary N) is 3. The summed E-state index contributed by atoms with van der Waals surface area (Å²) in [6, 6.07) is 20.2. The predicted octanol–water partition coefficient (Wildman–Crippen LogP) is 5.06. The summed E-state index contributed by atoms with van der Waals surface area (Å²) in [6.07, 6.45) is 1.85. The van der Waals surface area contributed by atoms with E-state index in [9.17, 15) is 19.7 Å². The topological polar surface area (TPSA) is 117 Å². The molecule has 1 heterocycles. The van der Waals surface area contributed by atoms with Crippen LogP contribution in [0.3, 0.4) is 0 Å². The Labute approximate surface area is 187 Å². The molecule has 0 aliphatic heterocycles. The normalized spacial score (nSPS) is 10.6. The smallest absolute Gasteiger partial charge is 0.269 e. The maximum Gasteiger partial charge on any atom is 0.269 e. The van der Waals surface area contributed by atoms with Gasteiger partial charge in [0.15, 0.2) is 0 Å². The highest BCUT2D eigenvalue weighted by molar-refractivity contribution is 8.00. The van der Waals surface area contributed by atoms with Gasteiger partial charge in [-0.1, -0.05) is 12.1 Å². The number of aromatic amines is 1. The van der Waals surface area contributed by atoms with Crippen molar-refractivity contribution in [1.82, 2.24) is 4.98 Å². The number of H-pyrrole nitrogens is 1. The third-order valence-electron chi connectivity index (χ3n) is 4.64. The monoisotopic (exact) mass is 446 g/mol. The summed E-state index contributed by atoms with van der Waals surface area (Å²) in [5.74, 6) is -0.302. The summed E-state index contributed by atoms with van der Waals surface area (Å²) < 4.78 is 0. The quantitative estimate of drug-likeness (QED) is 0.208. The second-order valence-corrected chi connectivity index (χ2v) is 7.95. The number of hydrogen-bond donors (Lipinski definition) is 3. The van der Waals surface area contributed by atoms with Crippen molar-refractivity contribution in [3.8, 4) is 0 Å². The van der Waals surface area contributed by atoms with Gasteiger partial charge in [0.25, 0.3) is 11.6 Å². The third kappa shape index (κ3) is 5.13. The molecule has 32 heavy (non-hydrogen) atoms. The summed E-state index contributed by atoms with van der Waals surface area (Å²) in [7, 11) is 0. The van der Waals surface area contributed by atoms with Gasteiger partial charge >= 0.3 is 0 Å². The Kier molecular flexibility index (Phi) is 6.18. The summed E-state index contributed by atoms with van der Waals surface area (Å²) in [4.78, 5) is 38.9. The molecule has 3 N–H and O–H groups in total. The van der Waals surface area contributed by atoms with Crippen molar-refractivity contribution >= 4 is 51.5 Å². The number of hydrogen-bond acceptors (Lipinski definition) is 5. The maximum atomic E-state index is 12.4. The highest BCUT2D eigenvalue weighted by atomic mass is 32.2. The number of benzene rings is 3. The Morgan fingerprint density at radius 1 is 0.938 bits per heavy atom. The minimum Gasteiger partial charge on any atom is -0.361 e. The van der Waals surface area contributed by atoms with Gasteiger partial charge in [-0.3, -0.25) is 19.7 Å². The van der Waals surface area contributed by atoms with Crippen LogP contribution in [0.5, 0.6) is 0 Å². The molecule has 1 aromatic heterocycles. The van der Waals surface area contributed by atoms with Crippen LogP contribution in [0.1, 0.15) is 10.4 Å². The lowest BCUT2D eigenvalue weighted by Crippen LogP contribution is -2.14. The van der Waals surface area contributed by atoms with Crippen molar-refractivity contribution in [3.05, 3.63) is 94.7 Å². The molecule has 3 aromatic carbocycles. The molecule has 0 spiro atoms. The Bertz CT molecular complexity index is 1300. The average molecular weight is 446 g/mol. The zero-order valence-electron chi connectivity index (χ0n) is 16.7. The number of anilines is 2. The molecule has 8 nitrogen and oxygen atoms in total. The van der Waals surface area contributed by atoms with Crippen molar-refractivity contribution in [2.24, 2.45) is 0 Å². The van der Waals surface area contributed by atoms with E-state index in [2.05, 4.69) is 15.6 Å². The molecular weight excluding hydrogens is 428 g/mol. The van der Waals surface area contributed by atoms with E-state index < -0.39 is 4.92 Å². The van der Waals surface area contributed by atoms with E-state index in [1.165, 1.54) is 36.0 Å². The van der Waals surface area contributed by atoms with Crippen LogP contribution in [0.4, 0.5) is 17.1 Å². The third-order valence-corrected chi connectivity index (χ3v) is 5.63. The molecule has 0 fully saturated rings. The lowest BCUT2D eigenvalue weighted by Gasteiger charge is -2.08. The summed E-state index contributed by atoms with van der Waals surface area (Å²) >= 11 is 1.35. The van der Waals surface area contributed by atoms with Crippen LogP contribution in [-0.2, 0) is 4.79 Å². The van der Waals surface area contributed by atoms with E-state index in [4.69, 9.17) is 0 Å². The fraction of sp³-hybridized carbons (Fsp3) is 0.0435. The van der Waals surface area contributed by atoms with E-state index in [-0.39, 0.29) is 23.3 Å². The van der Waals surface area contributed by atoms with E-state index in [1.54, 1.807) is 18.2 Å². The molecule has 0 radical (unpaired) electrons. The lowest BCUT2D eigenvalue weighted by atomic mass is 10.2. The van der Waals surface area contributed by atoms with Crippen LogP contribution in [0, 0.1) is 10.1 Å². The van der Waals surface area contributed by atoms with Gasteiger partial charge in [-0.15, -0.1) is 11.8 Å². The van der Waals surface area contributed by atoms with Crippen LogP contribution in [0.25, 0.3) is 10.9 Å². The molecule has 0 aliphatic rings. The van der Waals surface area contributed by atoms with Gasteiger partial charge in [0.1, 0.15) is 0 Å². The molecule has 4 rings (SSSR count). The van der Waals surface area contributed by atoms with Crippen molar-refractivity contribution in [1.29, 1.82) is 0 Å². The Hall–Kier alpha value is -4.11. The number of carbonyl (C=O) groups excluding carboxylic acids is 2. The molecule has 9 heteroatoms. The zero-order chi connectivity index (χ0) is 22.5. The number of nitrogens with zero attached hydrogens (tertiary/aromatic N) is 1. The molecule has 160 valence electrons. The fourth-order valence-electron chi connectivity index (χ4n) is 3.07. The number of rotatable bonds is 7. The molecule has 4 aromatic rings. The highest BCUT2D eigenvalue weighted by Crippen LogP contribution is 2.23. The van der Waals surface area contributed by atoms with Crippen molar-refractivity contribution in [2.75, 3.05) is 16.4 Å². The lowest BCUT2D eigenvalue weighted by molar-refractivity contribution is -0.384. The second-order valence-electron chi connectivity index (χ2n) is 6.90. The average Bonchev–Trinajstić information content (AvgIpc) is 3.26. The molecule has 2 amide bonds. The van der Waals surface area contributed by atoms with Gasteiger partial charge in [0.05, 0.1) is 10.7 Å². The first-order valence-corrected chi connectivity index (χ1v) is 10.6. The molecule has 0 saturated carbocycles. The highest BCUT2D eigenvalue weighted by Gasteiger charge is 2.11. The Balaban J connectivity index is 1.33. The first kappa shape index (κ1) is 21.1. The number of non-ortho nitro benzene ring substituents is 1. The van der Waals surface area contributed by atoms with Gasteiger partial charge in [0.2, 0.25) is 5.91 Å². The summed E-state index contributed by atoms with van der Waals surface area (Å²) in [5.41, 5.74) is 2.47. The van der Waals surface area contributed by atoms with Crippen LogP contribution < -0.4 is 10.6 Å². The zero-order valence-corrected chi connectivity index (χ0v) is 17.5. The van der Waals surface area contributed by atoms with E-state index in [0.29, 0.717) is 11.3 Å². The number of fused-ring (bicyclic) bond motifs is 1. The van der Waals surface area contributed by atoms with Gasteiger partial charge < -0.3 is 15.6 Å². The van der Waals surface area contributed by atoms with E-state index in [0.717, 1.165) is 21.5 Å². The van der Waals surface area contributed by atoms with Crippen LogP contribution in [-0.4, -0.2) is 27.5 Å². The van der Waals surface area contributed by atoms with E-state index in [1.807, 2.05) is 36.5 Å². The van der Waals surface area contributed by atoms with Crippen LogP contribution >= 0.6 is 11.8 Å². The van der Waals surface area contributed by atoms with Crippen LogP contribution in [0.2, 0.25) is 0 Å². The Morgan fingerprint density at radius 3 is 2.50 bits per heavy atom. The number of amides is 2. The number of nitro benzene ring substituents is 1. The van der Waals surface area contributed by atoms with Crippen molar-refractivity contribution in [2.45, 2.75) is 4.90 Å². The molecule has 0 bridgehead atoms.